The maximum Gasteiger partial charge on any atom is 0.0859 e. The number of aromatic nitrogens is 4. The van der Waals surface area contributed by atoms with Crippen molar-refractivity contribution in [2.75, 3.05) is 0 Å². The first-order valence-electron chi connectivity index (χ1n) is 3.75. The predicted octanol–water partition coefficient (Wildman–Crippen LogP) is 0.821. The Balaban J connectivity index is 2.57. The molecule has 0 radical (unpaired) electrons. The molecule has 0 N–H and O–H groups in total. The second kappa shape index (κ2) is 2.48. The number of hydrogen-bond acceptors (Lipinski definition) is 2. The molecule has 2 aromatic rings. The van der Waals surface area contributed by atoms with Gasteiger partial charge in [0.2, 0.25) is 0 Å². The first-order valence-corrected chi connectivity index (χ1v) is 3.75. The lowest BCUT2D eigenvalue weighted by molar-refractivity contribution is 0.738. The lowest BCUT2D eigenvalue weighted by Crippen LogP contribution is -1.98. The fourth-order valence-corrected chi connectivity index (χ4v) is 1.25. The summed E-state index contributed by atoms with van der Waals surface area (Å²) in [6, 6.07) is 3.94. The van der Waals surface area contributed by atoms with E-state index < -0.39 is 0 Å². The van der Waals surface area contributed by atoms with E-state index in [1.165, 1.54) is 0 Å². The summed E-state index contributed by atoms with van der Waals surface area (Å²) in [6.45, 7) is 0. The molecular formula is C8H10N4. The van der Waals surface area contributed by atoms with Gasteiger partial charge in [0.25, 0.3) is 0 Å². The summed E-state index contributed by atoms with van der Waals surface area (Å²) in [6.07, 6.45) is 3.56. The second-order valence-electron chi connectivity index (χ2n) is 2.68. The van der Waals surface area contributed by atoms with Crippen molar-refractivity contribution >= 4 is 0 Å². The van der Waals surface area contributed by atoms with Crippen LogP contribution in [0.15, 0.2) is 24.5 Å². The molecule has 4 heteroatoms. The van der Waals surface area contributed by atoms with Crippen molar-refractivity contribution in [2.45, 2.75) is 0 Å². The van der Waals surface area contributed by atoms with E-state index in [9.17, 15) is 0 Å². The molecule has 0 spiro atoms. The molecule has 0 aliphatic heterocycles. The topological polar surface area (TPSA) is 35.6 Å². The van der Waals surface area contributed by atoms with Gasteiger partial charge < -0.3 is 0 Å². The molecule has 0 aliphatic carbocycles. The van der Waals surface area contributed by atoms with E-state index in [1.807, 2.05) is 35.6 Å². The van der Waals surface area contributed by atoms with Crippen LogP contribution in [0.1, 0.15) is 0 Å². The number of nitrogens with zero attached hydrogens (tertiary/aromatic N) is 4. The minimum Gasteiger partial charge on any atom is -0.266 e. The molecule has 62 valence electrons. The molecule has 4 nitrogen and oxygen atoms in total. The molecule has 0 aromatic carbocycles. The van der Waals surface area contributed by atoms with Crippen LogP contribution >= 0.6 is 0 Å². The Morgan fingerprint density at radius 1 is 0.917 bits per heavy atom. The van der Waals surface area contributed by atoms with Gasteiger partial charge in [-0.3, -0.25) is 9.36 Å². The van der Waals surface area contributed by atoms with Crippen LogP contribution < -0.4 is 0 Å². The van der Waals surface area contributed by atoms with Gasteiger partial charge in [-0.1, -0.05) is 0 Å². The summed E-state index contributed by atoms with van der Waals surface area (Å²) in [5, 5.41) is 8.18. The SMILES string of the molecule is Cn1nccc1-c1ccnn1C. The van der Waals surface area contributed by atoms with E-state index >= 15 is 0 Å². The summed E-state index contributed by atoms with van der Waals surface area (Å²) < 4.78 is 3.66. The van der Waals surface area contributed by atoms with Crippen molar-refractivity contribution in [3.05, 3.63) is 24.5 Å². The van der Waals surface area contributed by atoms with Crippen LogP contribution in [0, 0.1) is 0 Å². The van der Waals surface area contributed by atoms with Crippen LogP contribution in [-0.2, 0) is 14.1 Å². The molecule has 0 saturated heterocycles. The highest BCUT2D eigenvalue weighted by Gasteiger charge is 2.04. The number of rotatable bonds is 1. The van der Waals surface area contributed by atoms with Gasteiger partial charge in [-0.2, -0.15) is 10.2 Å². The third-order valence-corrected chi connectivity index (χ3v) is 1.90. The van der Waals surface area contributed by atoms with Gasteiger partial charge in [0, 0.05) is 26.5 Å². The van der Waals surface area contributed by atoms with Gasteiger partial charge in [0.15, 0.2) is 0 Å². The molecule has 0 unspecified atom stereocenters. The normalized spacial score (nSPS) is 10.5. The Labute approximate surface area is 70.4 Å². The van der Waals surface area contributed by atoms with Gasteiger partial charge in [0.1, 0.15) is 0 Å². The molecule has 0 aliphatic rings. The third-order valence-electron chi connectivity index (χ3n) is 1.90. The van der Waals surface area contributed by atoms with Gasteiger partial charge in [-0.15, -0.1) is 0 Å². The average Bonchev–Trinajstić information content (AvgIpc) is 2.59. The Morgan fingerprint density at radius 2 is 1.33 bits per heavy atom. The van der Waals surface area contributed by atoms with Crippen molar-refractivity contribution in [1.29, 1.82) is 0 Å². The van der Waals surface area contributed by atoms with Gasteiger partial charge in [0.05, 0.1) is 11.4 Å². The molecule has 0 atom stereocenters. The summed E-state index contributed by atoms with van der Waals surface area (Å²) >= 11 is 0. The zero-order chi connectivity index (χ0) is 8.55. The van der Waals surface area contributed by atoms with E-state index in [4.69, 9.17) is 0 Å². The smallest absolute Gasteiger partial charge is 0.0859 e. The van der Waals surface area contributed by atoms with Gasteiger partial charge >= 0.3 is 0 Å². The molecule has 0 bridgehead atoms. The van der Waals surface area contributed by atoms with E-state index in [-0.39, 0.29) is 0 Å². The van der Waals surface area contributed by atoms with Crippen molar-refractivity contribution in [3.8, 4) is 11.4 Å². The zero-order valence-electron chi connectivity index (χ0n) is 7.10. The monoisotopic (exact) mass is 162 g/mol. The summed E-state index contributed by atoms with van der Waals surface area (Å²) in [5.74, 6) is 0. The van der Waals surface area contributed by atoms with Crippen LogP contribution in [0.25, 0.3) is 11.4 Å². The van der Waals surface area contributed by atoms with Crippen LogP contribution in [0.3, 0.4) is 0 Å². The number of aryl methyl sites for hydroxylation is 2. The van der Waals surface area contributed by atoms with E-state index in [0.717, 1.165) is 11.4 Å². The van der Waals surface area contributed by atoms with Crippen molar-refractivity contribution in [3.63, 3.8) is 0 Å². The van der Waals surface area contributed by atoms with Crippen molar-refractivity contribution in [1.82, 2.24) is 19.6 Å². The van der Waals surface area contributed by atoms with Crippen molar-refractivity contribution < 1.29 is 0 Å². The zero-order valence-corrected chi connectivity index (χ0v) is 7.10. The minimum atomic E-state index is 1.08. The largest absolute Gasteiger partial charge is 0.266 e. The lowest BCUT2D eigenvalue weighted by Gasteiger charge is -2.00. The summed E-state index contributed by atoms with van der Waals surface area (Å²) in [4.78, 5) is 0. The highest BCUT2D eigenvalue weighted by Crippen LogP contribution is 2.15. The fraction of sp³-hybridized carbons (Fsp3) is 0.250. The molecule has 0 saturated carbocycles. The quantitative estimate of drug-likeness (QED) is 0.622. The predicted molar refractivity (Wildman–Crippen MR) is 45.4 cm³/mol. The average molecular weight is 162 g/mol. The number of hydrogen-bond donors (Lipinski definition) is 0. The second-order valence-corrected chi connectivity index (χ2v) is 2.68. The Morgan fingerprint density at radius 3 is 1.58 bits per heavy atom. The summed E-state index contributed by atoms with van der Waals surface area (Å²) in [7, 11) is 3.84. The molecule has 0 amide bonds. The van der Waals surface area contributed by atoms with E-state index in [2.05, 4.69) is 10.2 Å². The first-order chi connectivity index (χ1) is 5.79. The highest BCUT2D eigenvalue weighted by atomic mass is 15.3. The summed E-state index contributed by atoms with van der Waals surface area (Å²) in [5.41, 5.74) is 2.16. The third kappa shape index (κ3) is 0.922. The first kappa shape index (κ1) is 7.09. The standard InChI is InChI=1S/C8H10N4/c1-11-7(3-5-9-11)8-4-6-10-12(8)2/h3-6H,1-2H3. The van der Waals surface area contributed by atoms with E-state index in [1.54, 1.807) is 12.4 Å². The Hall–Kier alpha value is -1.58. The van der Waals surface area contributed by atoms with Crippen LogP contribution in [-0.4, -0.2) is 19.6 Å². The van der Waals surface area contributed by atoms with Gasteiger partial charge in [-0.25, -0.2) is 0 Å². The van der Waals surface area contributed by atoms with Crippen LogP contribution in [0.4, 0.5) is 0 Å². The highest BCUT2D eigenvalue weighted by molar-refractivity contribution is 5.53. The molecule has 2 aromatic heterocycles. The Bertz CT molecular complexity index is 347. The van der Waals surface area contributed by atoms with E-state index in [0.29, 0.717) is 0 Å². The van der Waals surface area contributed by atoms with Crippen LogP contribution in [0.2, 0.25) is 0 Å². The Kier molecular flexibility index (Phi) is 1.46. The lowest BCUT2D eigenvalue weighted by atomic mass is 10.3. The van der Waals surface area contributed by atoms with Crippen molar-refractivity contribution in [2.24, 2.45) is 14.1 Å². The van der Waals surface area contributed by atoms with Crippen LogP contribution in [0.5, 0.6) is 0 Å². The molecule has 2 rings (SSSR count). The molecule has 2 heterocycles. The molecule has 0 fully saturated rings. The van der Waals surface area contributed by atoms with Gasteiger partial charge in [-0.05, 0) is 12.1 Å². The molecular weight excluding hydrogens is 152 g/mol. The maximum atomic E-state index is 4.09. The maximum absolute atomic E-state index is 4.09. The molecule has 12 heavy (non-hydrogen) atoms. The minimum absolute atomic E-state index is 1.08. The fourth-order valence-electron chi connectivity index (χ4n) is 1.25.